The molecule has 0 aliphatic carbocycles. The molecule has 0 aromatic heterocycles. The minimum absolute atomic E-state index is 0.259. The Labute approximate surface area is 113 Å². The zero-order valence-electron chi connectivity index (χ0n) is 11.5. The molecule has 0 radical (unpaired) electrons. The monoisotopic (exact) mass is 272 g/mol. The van der Waals surface area contributed by atoms with E-state index in [0.29, 0.717) is 25.6 Å². The Balaban J connectivity index is 2.15. The molecule has 7 heteroatoms. The van der Waals surface area contributed by atoms with Crippen LogP contribution in [0.15, 0.2) is 0 Å². The zero-order chi connectivity index (χ0) is 14.1. The lowest BCUT2D eigenvalue weighted by atomic mass is 9.97. The fourth-order valence-electron chi connectivity index (χ4n) is 2.06. The second-order valence-corrected chi connectivity index (χ2v) is 4.75. The first-order chi connectivity index (χ1) is 9.15. The van der Waals surface area contributed by atoms with Gasteiger partial charge in [-0.15, -0.1) is 0 Å². The first kappa shape index (κ1) is 15.9. The van der Waals surface area contributed by atoms with E-state index in [1.807, 2.05) is 4.90 Å². The van der Waals surface area contributed by atoms with Crippen LogP contribution in [0.3, 0.4) is 0 Å². The van der Waals surface area contributed by atoms with Crippen LogP contribution < -0.4 is 16.4 Å². The van der Waals surface area contributed by atoms with Crippen LogP contribution in [0.5, 0.6) is 0 Å². The van der Waals surface area contributed by atoms with E-state index in [-0.39, 0.29) is 12.5 Å². The fourth-order valence-corrected chi connectivity index (χ4v) is 2.06. The van der Waals surface area contributed by atoms with Gasteiger partial charge in [0.2, 0.25) is 5.91 Å². The molecule has 1 heterocycles. The lowest BCUT2D eigenvalue weighted by molar-refractivity contribution is -0.121. The van der Waals surface area contributed by atoms with Crippen molar-refractivity contribution in [3.8, 4) is 0 Å². The standard InChI is InChI=1S/C12H24N4O3/c1-19-7-4-14-12(18)15-11(17)9-16-5-2-10(8-13)3-6-16/h10H,2-9,13H2,1H3,(H2,14,15,17,18). The van der Waals surface area contributed by atoms with Crippen LogP contribution in [0, 0.1) is 5.92 Å². The minimum Gasteiger partial charge on any atom is -0.383 e. The molecule has 0 aromatic rings. The van der Waals surface area contributed by atoms with Gasteiger partial charge in [-0.25, -0.2) is 4.79 Å². The minimum atomic E-state index is -0.473. The SMILES string of the molecule is COCCNC(=O)NC(=O)CN1CCC(CN)CC1. The van der Waals surface area contributed by atoms with Crippen LogP contribution in [0.1, 0.15) is 12.8 Å². The van der Waals surface area contributed by atoms with Crippen molar-refractivity contribution >= 4 is 11.9 Å². The number of nitrogens with two attached hydrogens (primary N) is 1. The summed E-state index contributed by atoms with van der Waals surface area (Å²) >= 11 is 0. The molecular formula is C12H24N4O3. The van der Waals surface area contributed by atoms with E-state index in [1.54, 1.807) is 7.11 Å². The van der Waals surface area contributed by atoms with E-state index >= 15 is 0 Å². The molecule has 0 unspecified atom stereocenters. The molecular weight excluding hydrogens is 248 g/mol. The van der Waals surface area contributed by atoms with Gasteiger partial charge in [-0.05, 0) is 38.4 Å². The van der Waals surface area contributed by atoms with Gasteiger partial charge in [0, 0.05) is 13.7 Å². The highest BCUT2D eigenvalue weighted by atomic mass is 16.5. The molecule has 0 spiro atoms. The summed E-state index contributed by atoms with van der Waals surface area (Å²) in [5.74, 6) is 0.290. The van der Waals surface area contributed by atoms with Crippen LogP contribution in [-0.4, -0.2) is 63.3 Å². The smallest absolute Gasteiger partial charge is 0.321 e. The van der Waals surface area contributed by atoms with E-state index in [2.05, 4.69) is 10.6 Å². The maximum Gasteiger partial charge on any atom is 0.321 e. The van der Waals surface area contributed by atoms with Gasteiger partial charge in [0.1, 0.15) is 0 Å². The number of nitrogens with one attached hydrogen (secondary N) is 2. The van der Waals surface area contributed by atoms with E-state index in [9.17, 15) is 9.59 Å². The van der Waals surface area contributed by atoms with Gasteiger partial charge in [0.15, 0.2) is 0 Å². The first-order valence-electron chi connectivity index (χ1n) is 6.64. The Morgan fingerprint density at radius 1 is 1.37 bits per heavy atom. The number of likely N-dealkylation sites (tertiary alicyclic amines) is 1. The molecule has 0 aromatic carbocycles. The highest BCUT2D eigenvalue weighted by molar-refractivity contribution is 5.95. The molecule has 1 aliphatic heterocycles. The van der Waals surface area contributed by atoms with Crippen LogP contribution in [0.25, 0.3) is 0 Å². The number of hydrogen-bond donors (Lipinski definition) is 3. The molecule has 4 N–H and O–H groups in total. The number of nitrogens with zero attached hydrogens (tertiary/aromatic N) is 1. The number of amides is 3. The summed E-state index contributed by atoms with van der Waals surface area (Å²) in [6.07, 6.45) is 2.04. The molecule has 0 saturated carbocycles. The van der Waals surface area contributed by atoms with Crippen molar-refractivity contribution in [2.45, 2.75) is 12.8 Å². The number of ether oxygens (including phenoxy) is 1. The Morgan fingerprint density at radius 3 is 2.63 bits per heavy atom. The number of carbonyl (C=O) groups is 2. The van der Waals surface area contributed by atoms with E-state index in [0.717, 1.165) is 25.9 Å². The van der Waals surface area contributed by atoms with Gasteiger partial charge >= 0.3 is 6.03 Å². The Kier molecular flexibility index (Phi) is 7.39. The summed E-state index contributed by atoms with van der Waals surface area (Å²) in [6.45, 7) is 3.50. The lowest BCUT2D eigenvalue weighted by Gasteiger charge is -2.30. The largest absolute Gasteiger partial charge is 0.383 e. The molecule has 110 valence electrons. The summed E-state index contributed by atoms with van der Waals surface area (Å²) in [7, 11) is 1.55. The van der Waals surface area contributed by atoms with Gasteiger partial charge in [-0.3, -0.25) is 15.0 Å². The summed E-state index contributed by atoms with van der Waals surface area (Å²) in [5, 5.41) is 4.84. The van der Waals surface area contributed by atoms with Crippen LogP contribution in [0.2, 0.25) is 0 Å². The summed E-state index contributed by atoms with van der Waals surface area (Å²) in [6, 6.07) is -0.473. The van der Waals surface area contributed by atoms with Gasteiger partial charge < -0.3 is 15.8 Å². The Hall–Kier alpha value is -1.18. The van der Waals surface area contributed by atoms with Crippen LogP contribution in [-0.2, 0) is 9.53 Å². The normalized spacial score (nSPS) is 17.2. The fraction of sp³-hybridized carbons (Fsp3) is 0.833. The Morgan fingerprint density at radius 2 is 2.05 bits per heavy atom. The van der Waals surface area contributed by atoms with E-state index in [4.69, 9.17) is 10.5 Å². The third-order valence-corrected chi connectivity index (χ3v) is 3.25. The predicted molar refractivity (Wildman–Crippen MR) is 71.6 cm³/mol. The highest BCUT2D eigenvalue weighted by Gasteiger charge is 2.20. The van der Waals surface area contributed by atoms with Crippen molar-refractivity contribution < 1.29 is 14.3 Å². The summed E-state index contributed by atoms with van der Waals surface area (Å²) in [4.78, 5) is 25.0. The van der Waals surface area contributed by atoms with Crippen molar-refractivity contribution in [3.05, 3.63) is 0 Å². The molecule has 1 fully saturated rings. The van der Waals surface area contributed by atoms with Crippen LogP contribution in [0.4, 0.5) is 4.79 Å². The second-order valence-electron chi connectivity index (χ2n) is 4.75. The first-order valence-corrected chi connectivity index (χ1v) is 6.64. The quantitative estimate of drug-likeness (QED) is 0.546. The topological polar surface area (TPSA) is 96.7 Å². The molecule has 1 aliphatic rings. The number of carbonyl (C=O) groups excluding carboxylic acids is 2. The number of hydrogen-bond acceptors (Lipinski definition) is 5. The number of imide groups is 1. The molecule has 7 nitrogen and oxygen atoms in total. The predicted octanol–water partition coefficient (Wildman–Crippen LogP) is -0.871. The van der Waals surface area contributed by atoms with Gasteiger partial charge in [0.25, 0.3) is 0 Å². The molecule has 1 saturated heterocycles. The van der Waals surface area contributed by atoms with Gasteiger partial charge in [0.05, 0.1) is 13.2 Å². The number of piperidine rings is 1. The number of urea groups is 1. The number of methoxy groups -OCH3 is 1. The van der Waals surface area contributed by atoms with Gasteiger partial charge in [-0.1, -0.05) is 0 Å². The maximum absolute atomic E-state index is 11.6. The van der Waals surface area contributed by atoms with Gasteiger partial charge in [-0.2, -0.15) is 0 Å². The van der Waals surface area contributed by atoms with Crippen LogP contribution >= 0.6 is 0 Å². The molecule has 0 bridgehead atoms. The third kappa shape index (κ3) is 6.51. The molecule has 0 atom stereocenters. The van der Waals surface area contributed by atoms with Crippen molar-refractivity contribution in [2.75, 3.05) is 46.4 Å². The molecule has 3 amide bonds. The van der Waals surface area contributed by atoms with E-state index in [1.165, 1.54) is 0 Å². The Bertz CT molecular complexity index is 291. The highest BCUT2D eigenvalue weighted by Crippen LogP contribution is 2.14. The average Bonchev–Trinajstić information content (AvgIpc) is 2.39. The van der Waals surface area contributed by atoms with Crippen molar-refractivity contribution in [1.82, 2.24) is 15.5 Å². The van der Waals surface area contributed by atoms with Crippen molar-refractivity contribution in [2.24, 2.45) is 11.7 Å². The maximum atomic E-state index is 11.6. The average molecular weight is 272 g/mol. The third-order valence-electron chi connectivity index (χ3n) is 3.25. The lowest BCUT2D eigenvalue weighted by Crippen LogP contribution is -2.47. The molecule has 19 heavy (non-hydrogen) atoms. The molecule has 1 rings (SSSR count). The summed E-state index contributed by atoms with van der Waals surface area (Å²) < 4.78 is 4.79. The second kappa shape index (κ2) is 8.84. The zero-order valence-corrected chi connectivity index (χ0v) is 11.5. The van der Waals surface area contributed by atoms with Crippen molar-refractivity contribution in [1.29, 1.82) is 0 Å². The van der Waals surface area contributed by atoms with E-state index < -0.39 is 6.03 Å². The van der Waals surface area contributed by atoms with Crippen molar-refractivity contribution in [3.63, 3.8) is 0 Å². The number of rotatable bonds is 6. The summed E-state index contributed by atoms with van der Waals surface area (Å²) in [5.41, 5.74) is 5.61.